The van der Waals surface area contributed by atoms with Crippen molar-refractivity contribution in [2.45, 2.75) is 6.18 Å². The lowest BCUT2D eigenvalue weighted by molar-refractivity contribution is -0.384. The van der Waals surface area contributed by atoms with Crippen molar-refractivity contribution < 1.29 is 27.7 Å². The fourth-order valence-corrected chi connectivity index (χ4v) is 2.31. The van der Waals surface area contributed by atoms with Crippen LogP contribution >= 0.6 is 11.6 Å². The summed E-state index contributed by atoms with van der Waals surface area (Å²) in [4.78, 5) is 15.8. The minimum absolute atomic E-state index is 0.0286. The molecule has 0 atom stereocenters. The molecule has 0 saturated heterocycles. The number of nitrogens with zero attached hydrogens (tertiary/aromatic N) is 2. The zero-order valence-corrected chi connectivity index (χ0v) is 14.8. The Kier molecular flexibility index (Phi) is 6.29. The molecule has 2 rings (SSSR count). The van der Waals surface area contributed by atoms with Gasteiger partial charge in [0.05, 0.1) is 22.1 Å². The number of halogens is 4. The summed E-state index contributed by atoms with van der Waals surface area (Å²) >= 11 is 5.86. The molecule has 0 N–H and O–H groups in total. The zero-order chi connectivity index (χ0) is 20.2. The Morgan fingerprint density at radius 2 is 2.00 bits per heavy atom. The van der Waals surface area contributed by atoms with Crippen molar-refractivity contribution >= 4 is 23.0 Å². The first kappa shape index (κ1) is 20.5. The normalized spacial score (nSPS) is 11.1. The number of hydrogen-bond donors (Lipinski definition) is 0. The summed E-state index contributed by atoms with van der Waals surface area (Å²) < 4.78 is 43.6. The SMILES string of the molecule is C=CCON(C)c1cc(Oc2ccc(C(F)(F)F)cc2Cl)ccc1[N+](=O)[O-]. The standard InChI is InChI=1S/C17H14ClF3N2O4/c1-3-8-26-22(2)15-10-12(5-6-14(15)23(24)25)27-16-7-4-11(9-13(16)18)17(19,20)21/h3-7,9-10H,1,8H2,2H3. The van der Waals surface area contributed by atoms with Crippen molar-refractivity contribution in [2.75, 3.05) is 18.7 Å². The van der Waals surface area contributed by atoms with Gasteiger partial charge in [-0.2, -0.15) is 13.2 Å². The van der Waals surface area contributed by atoms with Crippen LogP contribution in [0.2, 0.25) is 5.02 Å². The van der Waals surface area contributed by atoms with Gasteiger partial charge in [0.2, 0.25) is 0 Å². The number of rotatable bonds is 7. The highest BCUT2D eigenvalue weighted by Gasteiger charge is 2.31. The molecule has 0 fully saturated rings. The first-order valence-electron chi connectivity index (χ1n) is 7.44. The molecule has 0 heterocycles. The Bertz CT molecular complexity index is 859. The Morgan fingerprint density at radius 1 is 1.30 bits per heavy atom. The summed E-state index contributed by atoms with van der Waals surface area (Å²) in [5.74, 6) is 0.102. The third-order valence-corrected chi connectivity index (χ3v) is 3.65. The number of benzene rings is 2. The Balaban J connectivity index is 2.34. The summed E-state index contributed by atoms with van der Waals surface area (Å²) in [5, 5.41) is 12.1. The maximum Gasteiger partial charge on any atom is 0.416 e. The van der Waals surface area contributed by atoms with E-state index in [4.69, 9.17) is 21.2 Å². The number of nitro groups is 1. The van der Waals surface area contributed by atoms with E-state index in [-0.39, 0.29) is 34.5 Å². The third kappa shape index (κ3) is 5.11. The van der Waals surface area contributed by atoms with E-state index in [1.165, 1.54) is 36.4 Å². The molecule has 2 aromatic carbocycles. The van der Waals surface area contributed by atoms with E-state index in [2.05, 4.69) is 6.58 Å². The molecule has 6 nitrogen and oxygen atoms in total. The number of hydrogen-bond acceptors (Lipinski definition) is 5. The van der Waals surface area contributed by atoms with E-state index < -0.39 is 16.7 Å². The van der Waals surface area contributed by atoms with Crippen LogP contribution in [0.3, 0.4) is 0 Å². The van der Waals surface area contributed by atoms with Gasteiger partial charge in [-0.05, 0) is 24.3 Å². The summed E-state index contributed by atoms with van der Waals surface area (Å²) in [6, 6.07) is 6.45. The number of anilines is 1. The van der Waals surface area contributed by atoms with Crippen molar-refractivity contribution in [1.29, 1.82) is 0 Å². The predicted molar refractivity (Wildman–Crippen MR) is 94.2 cm³/mol. The fraction of sp³-hybridized carbons (Fsp3) is 0.176. The molecule has 27 heavy (non-hydrogen) atoms. The number of nitro benzene ring substituents is 1. The van der Waals surface area contributed by atoms with Crippen molar-refractivity contribution in [2.24, 2.45) is 0 Å². The van der Waals surface area contributed by atoms with E-state index in [9.17, 15) is 23.3 Å². The smallest absolute Gasteiger partial charge is 0.416 e. The fourth-order valence-electron chi connectivity index (χ4n) is 2.09. The molecule has 144 valence electrons. The van der Waals surface area contributed by atoms with Crippen LogP contribution in [0.1, 0.15) is 5.56 Å². The van der Waals surface area contributed by atoms with Crippen LogP contribution in [0, 0.1) is 10.1 Å². The lowest BCUT2D eigenvalue weighted by Crippen LogP contribution is -2.19. The molecule has 0 radical (unpaired) electrons. The summed E-state index contributed by atoms with van der Waals surface area (Å²) in [5.41, 5.74) is -1.07. The van der Waals surface area contributed by atoms with Crippen LogP contribution in [0.4, 0.5) is 24.5 Å². The predicted octanol–water partition coefficient (Wildman–Crippen LogP) is 5.61. The van der Waals surface area contributed by atoms with E-state index in [0.717, 1.165) is 18.2 Å². The second-order valence-electron chi connectivity index (χ2n) is 5.23. The van der Waals surface area contributed by atoms with Gasteiger partial charge in [0, 0.05) is 19.2 Å². The van der Waals surface area contributed by atoms with Crippen LogP contribution in [0.25, 0.3) is 0 Å². The van der Waals surface area contributed by atoms with Gasteiger partial charge in [-0.15, -0.1) is 6.58 Å². The van der Waals surface area contributed by atoms with Crippen molar-refractivity contribution in [3.8, 4) is 11.5 Å². The number of hydroxylamine groups is 1. The second kappa shape index (κ2) is 8.28. The monoisotopic (exact) mass is 402 g/mol. The molecule has 0 unspecified atom stereocenters. The summed E-state index contributed by atoms with van der Waals surface area (Å²) in [6.07, 6.45) is -3.07. The quantitative estimate of drug-likeness (QED) is 0.342. The highest BCUT2D eigenvalue weighted by molar-refractivity contribution is 6.32. The molecule has 0 aliphatic heterocycles. The van der Waals surface area contributed by atoms with Crippen LogP contribution in [-0.4, -0.2) is 18.6 Å². The highest BCUT2D eigenvalue weighted by Crippen LogP contribution is 2.38. The van der Waals surface area contributed by atoms with E-state index in [1.807, 2.05) is 0 Å². The van der Waals surface area contributed by atoms with Gasteiger partial charge in [0.15, 0.2) is 0 Å². The zero-order valence-electron chi connectivity index (χ0n) is 14.0. The lowest BCUT2D eigenvalue weighted by atomic mass is 10.2. The van der Waals surface area contributed by atoms with Gasteiger partial charge < -0.3 is 4.74 Å². The van der Waals surface area contributed by atoms with Gasteiger partial charge in [0.25, 0.3) is 5.69 Å². The van der Waals surface area contributed by atoms with Crippen LogP contribution < -0.4 is 9.80 Å². The maximum absolute atomic E-state index is 12.7. The van der Waals surface area contributed by atoms with E-state index >= 15 is 0 Å². The first-order chi connectivity index (χ1) is 12.6. The van der Waals surface area contributed by atoms with Gasteiger partial charge in [0.1, 0.15) is 17.2 Å². The average Bonchev–Trinajstić information content (AvgIpc) is 2.60. The van der Waals surface area contributed by atoms with Gasteiger partial charge in [-0.1, -0.05) is 17.7 Å². The van der Waals surface area contributed by atoms with E-state index in [1.54, 1.807) is 0 Å². The van der Waals surface area contributed by atoms with Crippen LogP contribution in [-0.2, 0) is 11.0 Å². The topological polar surface area (TPSA) is 64.8 Å². The van der Waals surface area contributed by atoms with Crippen molar-refractivity contribution in [3.63, 3.8) is 0 Å². The minimum atomic E-state index is -4.53. The van der Waals surface area contributed by atoms with Crippen molar-refractivity contribution in [1.82, 2.24) is 0 Å². The molecule has 0 amide bonds. The third-order valence-electron chi connectivity index (χ3n) is 3.36. The Hall–Kier alpha value is -2.78. The minimum Gasteiger partial charge on any atom is -0.456 e. The second-order valence-corrected chi connectivity index (χ2v) is 5.64. The molecular formula is C17H14ClF3N2O4. The largest absolute Gasteiger partial charge is 0.456 e. The molecule has 0 saturated carbocycles. The van der Waals surface area contributed by atoms with Crippen LogP contribution in [0.15, 0.2) is 49.1 Å². The van der Waals surface area contributed by atoms with Gasteiger partial charge in [-0.25, -0.2) is 5.06 Å². The van der Waals surface area contributed by atoms with Crippen molar-refractivity contribution in [3.05, 3.63) is 69.8 Å². The Labute approximate surface area is 157 Å². The van der Waals surface area contributed by atoms with Gasteiger partial charge >= 0.3 is 6.18 Å². The average molecular weight is 403 g/mol. The molecule has 0 aromatic heterocycles. The Morgan fingerprint density at radius 3 is 2.56 bits per heavy atom. The first-order valence-corrected chi connectivity index (χ1v) is 7.82. The van der Waals surface area contributed by atoms with Gasteiger partial charge in [-0.3, -0.25) is 15.0 Å². The molecule has 10 heteroatoms. The molecule has 0 aliphatic rings. The number of alkyl halides is 3. The maximum atomic E-state index is 12.7. The van der Waals surface area contributed by atoms with E-state index in [0.29, 0.717) is 0 Å². The molecular weight excluding hydrogens is 389 g/mol. The summed E-state index contributed by atoms with van der Waals surface area (Å²) in [7, 11) is 1.46. The molecule has 2 aromatic rings. The van der Waals surface area contributed by atoms with Crippen LogP contribution in [0.5, 0.6) is 11.5 Å². The molecule has 0 spiro atoms. The highest BCUT2D eigenvalue weighted by atomic mass is 35.5. The molecule has 0 aliphatic carbocycles. The number of ether oxygens (including phenoxy) is 1. The lowest BCUT2D eigenvalue weighted by Gasteiger charge is -2.18. The summed E-state index contributed by atoms with van der Waals surface area (Å²) in [6.45, 7) is 3.60. The molecule has 0 bridgehead atoms.